The Balaban J connectivity index is 2.20. The van der Waals surface area contributed by atoms with E-state index in [9.17, 15) is 9.59 Å². The minimum absolute atomic E-state index is 0.325. The summed E-state index contributed by atoms with van der Waals surface area (Å²) in [5.74, 6) is 0.472. The second-order valence-electron chi connectivity index (χ2n) is 6.03. The fourth-order valence-electron chi connectivity index (χ4n) is 2.98. The van der Waals surface area contributed by atoms with E-state index in [1.807, 2.05) is 60.7 Å². The summed E-state index contributed by atoms with van der Waals surface area (Å²) in [6, 6.07) is 19.0. The molecule has 128 valence electrons. The molecule has 6 heteroatoms. The van der Waals surface area contributed by atoms with E-state index in [1.54, 1.807) is 7.05 Å². The molecule has 0 saturated carbocycles. The maximum Gasteiger partial charge on any atom is 0.332 e. The summed E-state index contributed by atoms with van der Waals surface area (Å²) in [4.78, 5) is 34.4. The molecule has 0 atom stereocenters. The number of rotatable bonds is 2. The summed E-state index contributed by atoms with van der Waals surface area (Å²) in [5, 5.41) is 0.334. The van der Waals surface area contributed by atoms with E-state index in [2.05, 4.69) is 9.97 Å². The predicted octanol–water partition coefficient (Wildman–Crippen LogP) is 2.36. The van der Waals surface area contributed by atoms with Crippen molar-refractivity contribution in [1.82, 2.24) is 19.1 Å². The smallest absolute Gasteiger partial charge is 0.280 e. The van der Waals surface area contributed by atoms with Crippen molar-refractivity contribution in [3.8, 4) is 22.6 Å². The number of fused-ring (bicyclic) bond motifs is 1. The van der Waals surface area contributed by atoms with Gasteiger partial charge in [0.2, 0.25) is 0 Å². The SMILES string of the molecule is Cn1c(=O)c2c(-c3ccccc3)nc(-c3ccccc3)nc2n(C)c1=O. The third kappa shape index (κ3) is 2.43. The Morgan fingerprint density at radius 1 is 0.731 bits per heavy atom. The Morgan fingerprint density at radius 3 is 1.92 bits per heavy atom. The van der Waals surface area contributed by atoms with Gasteiger partial charge in [0.1, 0.15) is 5.39 Å². The molecule has 2 aromatic carbocycles. The normalized spacial score (nSPS) is 11.0. The maximum atomic E-state index is 12.8. The second-order valence-corrected chi connectivity index (χ2v) is 6.03. The quantitative estimate of drug-likeness (QED) is 0.560. The summed E-state index contributed by atoms with van der Waals surface area (Å²) in [5.41, 5.74) is 1.64. The van der Waals surface area contributed by atoms with Gasteiger partial charge in [-0.25, -0.2) is 14.8 Å². The molecule has 0 aliphatic carbocycles. The lowest BCUT2D eigenvalue weighted by Crippen LogP contribution is -2.37. The summed E-state index contributed by atoms with van der Waals surface area (Å²) in [7, 11) is 3.07. The highest BCUT2D eigenvalue weighted by molar-refractivity contribution is 5.91. The molecule has 4 rings (SSSR count). The number of aryl methyl sites for hydroxylation is 1. The van der Waals surface area contributed by atoms with Gasteiger partial charge in [0.15, 0.2) is 11.5 Å². The topological polar surface area (TPSA) is 69.8 Å². The first-order chi connectivity index (χ1) is 12.6. The highest BCUT2D eigenvalue weighted by Gasteiger charge is 2.18. The van der Waals surface area contributed by atoms with Crippen LogP contribution in [0.25, 0.3) is 33.7 Å². The Hall–Kier alpha value is -3.54. The van der Waals surface area contributed by atoms with Crippen LogP contribution >= 0.6 is 0 Å². The highest BCUT2D eigenvalue weighted by atomic mass is 16.2. The fraction of sp³-hybridized carbons (Fsp3) is 0.100. The van der Waals surface area contributed by atoms with Crippen molar-refractivity contribution in [2.45, 2.75) is 0 Å². The van der Waals surface area contributed by atoms with E-state index in [0.717, 1.165) is 15.7 Å². The van der Waals surface area contributed by atoms with Crippen molar-refractivity contribution in [2.24, 2.45) is 14.1 Å². The molecule has 4 aromatic rings. The Morgan fingerprint density at radius 2 is 1.31 bits per heavy atom. The minimum atomic E-state index is -0.417. The zero-order chi connectivity index (χ0) is 18.3. The first-order valence-corrected chi connectivity index (χ1v) is 8.16. The van der Waals surface area contributed by atoms with Gasteiger partial charge in [-0.05, 0) is 0 Å². The number of hydrogen-bond donors (Lipinski definition) is 0. The van der Waals surface area contributed by atoms with E-state index in [4.69, 9.17) is 0 Å². The van der Waals surface area contributed by atoms with Gasteiger partial charge in [0, 0.05) is 25.2 Å². The summed E-state index contributed by atoms with van der Waals surface area (Å²) in [6.07, 6.45) is 0. The molecule has 2 heterocycles. The van der Waals surface area contributed by atoms with Gasteiger partial charge in [0.05, 0.1) is 5.69 Å². The van der Waals surface area contributed by atoms with Gasteiger partial charge < -0.3 is 0 Å². The summed E-state index contributed by atoms with van der Waals surface area (Å²) >= 11 is 0. The van der Waals surface area contributed by atoms with Crippen molar-refractivity contribution in [3.63, 3.8) is 0 Å². The molecule has 6 nitrogen and oxygen atoms in total. The van der Waals surface area contributed by atoms with Crippen LogP contribution in [0.1, 0.15) is 0 Å². The standard InChI is InChI=1S/C20H16N4O2/c1-23-18-15(19(25)24(2)20(23)26)16(13-9-5-3-6-10-13)21-17(22-18)14-11-7-4-8-12-14/h3-12H,1-2H3. The molecule has 0 bridgehead atoms. The molecule has 0 aliphatic rings. The lowest BCUT2D eigenvalue weighted by atomic mass is 10.1. The number of hydrogen-bond acceptors (Lipinski definition) is 4. The van der Waals surface area contributed by atoms with E-state index in [0.29, 0.717) is 22.6 Å². The van der Waals surface area contributed by atoms with Crippen molar-refractivity contribution in [2.75, 3.05) is 0 Å². The molecule has 0 amide bonds. The van der Waals surface area contributed by atoms with Crippen LogP contribution in [0, 0.1) is 0 Å². The molecule has 2 aromatic heterocycles. The summed E-state index contributed by atoms with van der Waals surface area (Å²) < 4.78 is 2.47. The molecule has 0 aliphatic heterocycles. The van der Waals surface area contributed by atoms with Gasteiger partial charge in [-0.3, -0.25) is 13.9 Å². The van der Waals surface area contributed by atoms with E-state index in [1.165, 1.54) is 11.6 Å². The van der Waals surface area contributed by atoms with Gasteiger partial charge in [-0.2, -0.15) is 0 Å². The zero-order valence-electron chi connectivity index (χ0n) is 14.4. The van der Waals surface area contributed by atoms with Crippen LogP contribution in [0.4, 0.5) is 0 Å². The third-order valence-electron chi connectivity index (χ3n) is 4.38. The van der Waals surface area contributed by atoms with Gasteiger partial charge >= 0.3 is 5.69 Å². The molecule has 0 N–H and O–H groups in total. The number of nitrogens with zero attached hydrogens (tertiary/aromatic N) is 4. The maximum absolute atomic E-state index is 12.8. The highest BCUT2D eigenvalue weighted by Crippen LogP contribution is 2.26. The number of benzene rings is 2. The predicted molar refractivity (Wildman–Crippen MR) is 101 cm³/mol. The average Bonchev–Trinajstić information content (AvgIpc) is 2.71. The third-order valence-corrected chi connectivity index (χ3v) is 4.38. The summed E-state index contributed by atoms with van der Waals surface area (Å²) in [6.45, 7) is 0. The van der Waals surface area contributed by atoms with Crippen LogP contribution in [0.2, 0.25) is 0 Å². The number of aromatic nitrogens is 4. The van der Waals surface area contributed by atoms with Crippen molar-refractivity contribution < 1.29 is 0 Å². The molecule has 0 fully saturated rings. The Kier molecular flexibility index (Phi) is 3.73. The fourth-order valence-corrected chi connectivity index (χ4v) is 2.98. The first-order valence-electron chi connectivity index (χ1n) is 8.16. The average molecular weight is 344 g/mol. The van der Waals surface area contributed by atoms with Crippen molar-refractivity contribution in [1.29, 1.82) is 0 Å². The molecular weight excluding hydrogens is 328 g/mol. The van der Waals surface area contributed by atoms with E-state index >= 15 is 0 Å². The lowest BCUT2D eigenvalue weighted by Gasteiger charge is -2.12. The molecular formula is C20H16N4O2. The molecule has 0 radical (unpaired) electrons. The molecule has 26 heavy (non-hydrogen) atoms. The van der Waals surface area contributed by atoms with Gasteiger partial charge in [-0.1, -0.05) is 60.7 Å². The van der Waals surface area contributed by atoms with Crippen LogP contribution in [0.3, 0.4) is 0 Å². The van der Waals surface area contributed by atoms with Crippen LogP contribution in [-0.4, -0.2) is 19.1 Å². The lowest BCUT2D eigenvalue weighted by molar-refractivity contribution is 0.707. The first kappa shape index (κ1) is 16.0. The molecule has 0 spiro atoms. The van der Waals surface area contributed by atoms with Crippen LogP contribution in [0.5, 0.6) is 0 Å². The Labute approximate surface area is 149 Å². The van der Waals surface area contributed by atoms with Crippen LogP contribution in [-0.2, 0) is 14.1 Å². The molecule has 0 saturated heterocycles. The monoisotopic (exact) mass is 344 g/mol. The van der Waals surface area contributed by atoms with Crippen molar-refractivity contribution >= 4 is 11.0 Å². The van der Waals surface area contributed by atoms with Gasteiger partial charge in [-0.15, -0.1) is 0 Å². The van der Waals surface area contributed by atoms with Crippen LogP contribution in [0.15, 0.2) is 70.3 Å². The largest absolute Gasteiger partial charge is 0.332 e. The van der Waals surface area contributed by atoms with E-state index < -0.39 is 11.2 Å². The molecule has 0 unspecified atom stereocenters. The van der Waals surface area contributed by atoms with Crippen LogP contribution < -0.4 is 11.2 Å². The van der Waals surface area contributed by atoms with Gasteiger partial charge in [0.25, 0.3) is 5.56 Å². The minimum Gasteiger partial charge on any atom is -0.280 e. The zero-order valence-corrected chi connectivity index (χ0v) is 14.4. The van der Waals surface area contributed by atoms with E-state index in [-0.39, 0.29) is 0 Å². The van der Waals surface area contributed by atoms with Crippen molar-refractivity contribution in [3.05, 3.63) is 81.5 Å². The Bertz CT molecular complexity index is 1230. The second kappa shape index (κ2) is 6.07.